The Morgan fingerprint density at radius 3 is 2.50 bits per heavy atom. The third-order valence-electron chi connectivity index (χ3n) is 1.43. The van der Waals surface area contributed by atoms with Gasteiger partial charge >= 0.3 is 6.18 Å². The van der Waals surface area contributed by atoms with Crippen LogP contribution in [-0.2, 0) is 6.18 Å². The van der Waals surface area contributed by atoms with Gasteiger partial charge in [0.25, 0.3) is 0 Å². The van der Waals surface area contributed by atoms with Gasteiger partial charge < -0.3 is 5.73 Å². The summed E-state index contributed by atoms with van der Waals surface area (Å²) in [6.07, 6.45) is -3.85. The third-order valence-corrected chi connectivity index (χ3v) is 1.95. The van der Waals surface area contributed by atoms with Crippen molar-refractivity contribution in [3.05, 3.63) is 28.5 Å². The molecule has 14 heavy (non-hydrogen) atoms. The van der Waals surface area contributed by atoms with Crippen LogP contribution in [0.3, 0.4) is 0 Å². The van der Waals surface area contributed by atoms with Crippen LogP contribution in [-0.4, -0.2) is 9.97 Å². The van der Waals surface area contributed by atoms with Gasteiger partial charge in [0.05, 0.1) is 5.56 Å². The zero-order chi connectivity index (χ0) is 10.9. The number of nitrogens with zero attached hydrogens (tertiary/aromatic N) is 1. The van der Waals surface area contributed by atoms with Gasteiger partial charge in [-0.1, -0.05) is 23.8 Å². The van der Waals surface area contributed by atoms with E-state index in [0.717, 1.165) is 6.07 Å². The highest BCUT2D eigenvalue weighted by molar-refractivity contribution is 7.80. The summed E-state index contributed by atoms with van der Waals surface area (Å²) in [6, 6.07) is 0.775. The van der Waals surface area contributed by atoms with Crippen molar-refractivity contribution in [1.82, 2.24) is 4.98 Å². The number of nitrogens with two attached hydrogens (primary N) is 1. The lowest BCUT2D eigenvalue weighted by Gasteiger charge is -2.08. The lowest BCUT2D eigenvalue weighted by molar-refractivity contribution is -0.137. The Morgan fingerprint density at radius 1 is 1.50 bits per heavy atom. The van der Waals surface area contributed by atoms with Gasteiger partial charge in [-0.3, -0.25) is 0 Å². The fourth-order valence-electron chi connectivity index (χ4n) is 0.776. The first-order valence-corrected chi connectivity index (χ1v) is 4.13. The van der Waals surface area contributed by atoms with E-state index in [1.807, 2.05) is 0 Å². The second kappa shape index (κ2) is 3.70. The minimum absolute atomic E-state index is 0.0727. The van der Waals surface area contributed by atoms with E-state index >= 15 is 0 Å². The minimum atomic E-state index is -4.48. The van der Waals surface area contributed by atoms with Crippen LogP contribution in [0, 0.1) is 0 Å². The maximum absolute atomic E-state index is 12.2. The molecule has 0 amide bonds. The first kappa shape index (κ1) is 11.2. The lowest BCUT2D eigenvalue weighted by Crippen LogP contribution is -2.14. The predicted octanol–water partition coefficient (Wildman–Crippen LogP) is 2.39. The van der Waals surface area contributed by atoms with E-state index < -0.39 is 11.7 Å². The summed E-state index contributed by atoms with van der Waals surface area (Å²) in [4.78, 5) is 3.13. The van der Waals surface area contributed by atoms with Crippen molar-refractivity contribution in [1.29, 1.82) is 0 Å². The quantitative estimate of drug-likeness (QED) is 0.605. The van der Waals surface area contributed by atoms with Crippen molar-refractivity contribution in [3.63, 3.8) is 0 Å². The van der Waals surface area contributed by atoms with Crippen LogP contribution in [0.1, 0.15) is 11.1 Å². The molecule has 0 spiro atoms. The van der Waals surface area contributed by atoms with Crippen LogP contribution >= 0.6 is 23.8 Å². The summed E-state index contributed by atoms with van der Waals surface area (Å²) in [5, 5.41) is -0.134. The molecule has 2 N–H and O–H groups in total. The Morgan fingerprint density at radius 2 is 2.07 bits per heavy atom. The summed E-state index contributed by atoms with van der Waals surface area (Å²) in [5.74, 6) is 0. The van der Waals surface area contributed by atoms with Gasteiger partial charge in [-0.2, -0.15) is 13.2 Å². The number of alkyl halides is 3. The molecule has 7 heteroatoms. The van der Waals surface area contributed by atoms with Gasteiger partial charge in [0, 0.05) is 11.8 Å². The highest BCUT2D eigenvalue weighted by Gasteiger charge is 2.31. The molecule has 76 valence electrons. The van der Waals surface area contributed by atoms with Crippen molar-refractivity contribution < 1.29 is 13.2 Å². The molecule has 0 fully saturated rings. The fourth-order valence-corrected chi connectivity index (χ4v) is 1.19. The molecule has 1 aromatic rings. The Balaban J connectivity index is 3.27. The first-order chi connectivity index (χ1) is 6.32. The van der Waals surface area contributed by atoms with Crippen LogP contribution in [0.5, 0.6) is 0 Å². The molecule has 0 aliphatic heterocycles. The van der Waals surface area contributed by atoms with Crippen LogP contribution in [0.25, 0.3) is 0 Å². The number of hydrogen-bond acceptors (Lipinski definition) is 2. The monoisotopic (exact) mass is 240 g/mol. The van der Waals surface area contributed by atoms with Crippen molar-refractivity contribution in [2.24, 2.45) is 5.73 Å². The molecular formula is C7H4ClF3N2S. The van der Waals surface area contributed by atoms with Gasteiger partial charge in [-0.25, -0.2) is 4.98 Å². The van der Waals surface area contributed by atoms with E-state index in [2.05, 4.69) is 17.2 Å². The molecule has 0 aliphatic carbocycles. The lowest BCUT2D eigenvalue weighted by atomic mass is 10.2. The Hall–Kier alpha value is -0.880. The summed E-state index contributed by atoms with van der Waals surface area (Å²) in [5.41, 5.74) is 4.17. The average Bonchev–Trinajstić information content (AvgIpc) is 2.02. The molecule has 1 heterocycles. The molecule has 0 aromatic carbocycles. The second-order valence-electron chi connectivity index (χ2n) is 2.42. The number of pyridine rings is 1. The predicted molar refractivity (Wildman–Crippen MR) is 50.1 cm³/mol. The van der Waals surface area contributed by atoms with Crippen molar-refractivity contribution in [3.8, 4) is 0 Å². The van der Waals surface area contributed by atoms with Crippen LogP contribution in [0.4, 0.5) is 13.2 Å². The second-order valence-corrected chi connectivity index (χ2v) is 3.22. The summed E-state index contributed by atoms with van der Waals surface area (Å²) < 4.78 is 36.6. The van der Waals surface area contributed by atoms with Gasteiger partial charge in [0.1, 0.15) is 10.1 Å². The van der Waals surface area contributed by atoms with Crippen molar-refractivity contribution in [2.75, 3.05) is 0 Å². The zero-order valence-electron chi connectivity index (χ0n) is 6.60. The average molecular weight is 241 g/mol. The minimum Gasteiger partial charge on any atom is -0.389 e. The van der Waals surface area contributed by atoms with Crippen molar-refractivity contribution in [2.45, 2.75) is 6.18 Å². The number of hydrogen-bond donors (Lipinski definition) is 1. The maximum atomic E-state index is 12.2. The molecule has 0 saturated carbocycles. The van der Waals surface area contributed by atoms with Gasteiger partial charge in [-0.05, 0) is 6.07 Å². The highest BCUT2D eigenvalue weighted by Crippen LogP contribution is 2.30. The molecule has 0 atom stereocenters. The zero-order valence-corrected chi connectivity index (χ0v) is 8.17. The van der Waals surface area contributed by atoms with Crippen LogP contribution in [0.15, 0.2) is 12.3 Å². The Bertz CT molecular complexity index is 378. The number of aromatic nitrogens is 1. The molecule has 1 aromatic heterocycles. The van der Waals surface area contributed by atoms with E-state index in [1.54, 1.807) is 0 Å². The molecule has 0 saturated heterocycles. The van der Waals surface area contributed by atoms with Gasteiger partial charge in [0.15, 0.2) is 0 Å². The van der Waals surface area contributed by atoms with Crippen LogP contribution < -0.4 is 5.73 Å². The largest absolute Gasteiger partial charge is 0.417 e. The SMILES string of the molecule is NC(=S)c1cc(C(F)(F)F)cnc1Cl. The maximum Gasteiger partial charge on any atom is 0.417 e. The smallest absolute Gasteiger partial charge is 0.389 e. The molecule has 0 radical (unpaired) electrons. The molecule has 0 bridgehead atoms. The topological polar surface area (TPSA) is 38.9 Å². The highest BCUT2D eigenvalue weighted by atomic mass is 35.5. The Labute approximate surface area is 87.9 Å². The Kier molecular flexibility index (Phi) is 2.96. The molecule has 0 unspecified atom stereocenters. The third kappa shape index (κ3) is 2.33. The van der Waals surface area contributed by atoms with Gasteiger partial charge in [0.2, 0.25) is 0 Å². The summed E-state index contributed by atoms with van der Waals surface area (Å²) >= 11 is 10.0. The molecule has 2 nitrogen and oxygen atoms in total. The fraction of sp³-hybridized carbons (Fsp3) is 0.143. The van der Waals surface area contributed by atoms with Crippen LogP contribution in [0.2, 0.25) is 5.15 Å². The standard InChI is InChI=1S/C7H4ClF3N2S/c8-5-4(6(12)14)1-3(2-13-5)7(9,10)11/h1-2H,(H2,12,14). The van der Waals surface area contributed by atoms with Crippen molar-refractivity contribution >= 4 is 28.8 Å². The summed E-state index contributed by atoms with van der Waals surface area (Å²) in [7, 11) is 0. The van der Waals surface area contributed by atoms with E-state index in [4.69, 9.17) is 17.3 Å². The molecular weight excluding hydrogens is 237 g/mol. The van der Waals surface area contributed by atoms with E-state index in [0.29, 0.717) is 6.20 Å². The number of halogens is 4. The number of rotatable bonds is 1. The molecule has 0 aliphatic rings. The molecule has 1 rings (SSSR count). The van der Waals surface area contributed by atoms with E-state index in [9.17, 15) is 13.2 Å². The first-order valence-electron chi connectivity index (χ1n) is 3.35. The number of thiocarbonyl (C=S) groups is 1. The van der Waals surface area contributed by atoms with E-state index in [-0.39, 0.29) is 15.7 Å². The van der Waals surface area contributed by atoms with E-state index in [1.165, 1.54) is 0 Å². The van der Waals surface area contributed by atoms with Gasteiger partial charge in [-0.15, -0.1) is 0 Å². The summed E-state index contributed by atoms with van der Waals surface area (Å²) in [6.45, 7) is 0. The normalized spacial score (nSPS) is 11.4.